The van der Waals surface area contributed by atoms with E-state index in [-0.39, 0.29) is 6.10 Å². The highest BCUT2D eigenvalue weighted by Gasteiger charge is 2.23. The number of nitrogens with zero attached hydrogens (tertiary/aromatic N) is 2. The maximum absolute atomic E-state index is 10.8. The molecule has 18 heavy (non-hydrogen) atoms. The zero-order chi connectivity index (χ0) is 13.0. The topological polar surface area (TPSA) is 73.6 Å². The van der Waals surface area contributed by atoms with Crippen molar-refractivity contribution in [3.63, 3.8) is 0 Å². The third kappa shape index (κ3) is 2.72. The lowest BCUT2D eigenvalue weighted by molar-refractivity contribution is 0.0893. The van der Waals surface area contributed by atoms with Crippen molar-refractivity contribution >= 4 is 6.09 Å². The summed E-state index contributed by atoms with van der Waals surface area (Å²) in [4.78, 5) is 12.1. The lowest BCUT2D eigenvalue weighted by atomic mass is 10.1. The van der Waals surface area contributed by atoms with E-state index in [1.807, 2.05) is 6.07 Å². The van der Waals surface area contributed by atoms with E-state index in [0.29, 0.717) is 37.2 Å². The van der Waals surface area contributed by atoms with Gasteiger partial charge in [0.2, 0.25) is 0 Å². The first-order valence-electron chi connectivity index (χ1n) is 5.84. The van der Waals surface area contributed by atoms with Crippen LogP contribution in [0.4, 0.5) is 4.79 Å². The van der Waals surface area contributed by atoms with Gasteiger partial charge in [0.05, 0.1) is 5.56 Å². The lowest BCUT2D eigenvalue weighted by Gasteiger charge is -2.30. The fourth-order valence-corrected chi connectivity index (χ4v) is 2.01. The average molecular weight is 246 g/mol. The third-order valence-electron chi connectivity index (χ3n) is 3.01. The van der Waals surface area contributed by atoms with Crippen LogP contribution in [0.1, 0.15) is 18.4 Å². The molecule has 5 nitrogen and oxygen atoms in total. The number of amides is 1. The van der Waals surface area contributed by atoms with Crippen molar-refractivity contribution in [1.82, 2.24) is 4.90 Å². The van der Waals surface area contributed by atoms with Gasteiger partial charge in [-0.05, 0) is 12.1 Å². The third-order valence-corrected chi connectivity index (χ3v) is 3.01. The number of para-hydroxylation sites is 1. The minimum atomic E-state index is -0.883. The smallest absolute Gasteiger partial charge is 0.407 e. The number of carbonyl (C=O) groups is 1. The lowest BCUT2D eigenvalue weighted by Crippen LogP contribution is -2.41. The van der Waals surface area contributed by atoms with Crippen LogP contribution in [0, 0.1) is 11.3 Å². The molecule has 0 saturated carbocycles. The summed E-state index contributed by atoms with van der Waals surface area (Å²) >= 11 is 0. The van der Waals surface area contributed by atoms with Gasteiger partial charge in [0.25, 0.3) is 0 Å². The molecule has 94 valence electrons. The first kappa shape index (κ1) is 12.2. The summed E-state index contributed by atoms with van der Waals surface area (Å²) < 4.78 is 5.76. The molecule has 0 aromatic heterocycles. The van der Waals surface area contributed by atoms with Crippen LogP contribution >= 0.6 is 0 Å². The average Bonchev–Trinajstić information content (AvgIpc) is 2.40. The van der Waals surface area contributed by atoms with Crippen molar-refractivity contribution < 1.29 is 14.6 Å². The fraction of sp³-hybridized carbons (Fsp3) is 0.385. The number of rotatable bonds is 2. The van der Waals surface area contributed by atoms with E-state index in [2.05, 4.69) is 6.07 Å². The zero-order valence-corrected chi connectivity index (χ0v) is 9.87. The van der Waals surface area contributed by atoms with E-state index in [0.717, 1.165) is 0 Å². The molecule has 0 unspecified atom stereocenters. The van der Waals surface area contributed by atoms with Crippen LogP contribution in [0.15, 0.2) is 24.3 Å². The summed E-state index contributed by atoms with van der Waals surface area (Å²) in [5.41, 5.74) is 0.512. The highest BCUT2D eigenvalue weighted by molar-refractivity contribution is 5.65. The molecule has 1 saturated heterocycles. The van der Waals surface area contributed by atoms with E-state index in [1.165, 1.54) is 4.90 Å². The number of hydrogen-bond donors (Lipinski definition) is 1. The summed E-state index contributed by atoms with van der Waals surface area (Å²) in [5.74, 6) is 0.578. The van der Waals surface area contributed by atoms with Crippen molar-refractivity contribution in [2.75, 3.05) is 13.1 Å². The Hall–Kier alpha value is -2.22. The molecule has 1 aromatic rings. The van der Waals surface area contributed by atoms with Crippen molar-refractivity contribution in [2.24, 2.45) is 0 Å². The number of hydrogen-bond acceptors (Lipinski definition) is 3. The van der Waals surface area contributed by atoms with Gasteiger partial charge in [0.1, 0.15) is 17.9 Å². The molecule has 1 heterocycles. The predicted octanol–water partition coefficient (Wildman–Crippen LogP) is 2.08. The zero-order valence-electron chi connectivity index (χ0n) is 9.87. The maximum Gasteiger partial charge on any atom is 0.407 e. The molecule has 0 atom stereocenters. The number of benzene rings is 1. The van der Waals surface area contributed by atoms with Gasteiger partial charge in [-0.1, -0.05) is 12.1 Å². The molecule has 1 N–H and O–H groups in total. The first-order chi connectivity index (χ1) is 8.70. The Morgan fingerprint density at radius 1 is 1.39 bits per heavy atom. The van der Waals surface area contributed by atoms with E-state index < -0.39 is 6.09 Å². The second kappa shape index (κ2) is 5.41. The molecule has 1 fully saturated rings. The standard InChI is InChI=1S/C13H14N2O3/c14-9-10-3-1-2-4-12(10)18-11-5-7-15(8-6-11)13(16)17/h1-4,11H,5-8H2,(H,16,17). The van der Waals surface area contributed by atoms with Gasteiger partial charge in [-0.2, -0.15) is 5.26 Å². The Morgan fingerprint density at radius 3 is 2.67 bits per heavy atom. The Morgan fingerprint density at radius 2 is 2.06 bits per heavy atom. The van der Waals surface area contributed by atoms with Crippen molar-refractivity contribution in [2.45, 2.75) is 18.9 Å². The Labute approximate surface area is 105 Å². The van der Waals surface area contributed by atoms with Crippen molar-refractivity contribution in [1.29, 1.82) is 5.26 Å². The molecule has 1 amide bonds. The van der Waals surface area contributed by atoms with E-state index in [1.54, 1.807) is 18.2 Å². The largest absolute Gasteiger partial charge is 0.489 e. The van der Waals surface area contributed by atoms with Gasteiger partial charge < -0.3 is 14.7 Å². The number of likely N-dealkylation sites (tertiary alicyclic amines) is 1. The Kier molecular flexibility index (Phi) is 3.68. The maximum atomic E-state index is 10.8. The molecule has 1 aliphatic rings. The van der Waals surface area contributed by atoms with Crippen LogP contribution < -0.4 is 4.74 Å². The van der Waals surface area contributed by atoms with Gasteiger partial charge in [0, 0.05) is 25.9 Å². The van der Waals surface area contributed by atoms with Gasteiger partial charge in [-0.15, -0.1) is 0 Å². The van der Waals surface area contributed by atoms with E-state index in [4.69, 9.17) is 15.1 Å². The predicted molar refractivity (Wildman–Crippen MR) is 64.4 cm³/mol. The first-order valence-corrected chi connectivity index (χ1v) is 5.84. The van der Waals surface area contributed by atoms with Gasteiger partial charge in [-0.3, -0.25) is 0 Å². The molecule has 1 aromatic carbocycles. The second-order valence-electron chi connectivity index (χ2n) is 4.19. The normalized spacial score (nSPS) is 16.1. The number of ether oxygens (including phenoxy) is 1. The minimum absolute atomic E-state index is 0.0184. The fourth-order valence-electron chi connectivity index (χ4n) is 2.01. The summed E-state index contributed by atoms with van der Waals surface area (Å²) in [5, 5.41) is 17.8. The number of piperidine rings is 1. The second-order valence-corrected chi connectivity index (χ2v) is 4.19. The molecule has 5 heteroatoms. The van der Waals surface area contributed by atoms with Gasteiger partial charge in [0.15, 0.2) is 0 Å². The minimum Gasteiger partial charge on any atom is -0.489 e. The number of carboxylic acid groups (broad SMARTS) is 1. The summed E-state index contributed by atoms with van der Waals surface area (Å²) in [6, 6.07) is 9.17. The van der Waals surface area contributed by atoms with Crippen molar-refractivity contribution in [3.8, 4) is 11.8 Å². The van der Waals surface area contributed by atoms with Crippen molar-refractivity contribution in [3.05, 3.63) is 29.8 Å². The van der Waals surface area contributed by atoms with Gasteiger partial charge >= 0.3 is 6.09 Å². The molecule has 2 rings (SSSR count). The van der Waals surface area contributed by atoms with Gasteiger partial charge in [-0.25, -0.2) is 4.79 Å². The van der Waals surface area contributed by atoms with E-state index >= 15 is 0 Å². The highest BCUT2D eigenvalue weighted by atomic mass is 16.5. The van der Waals surface area contributed by atoms with Crippen LogP contribution in [0.3, 0.4) is 0 Å². The highest BCUT2D eigenvalue weighted by Crippen LogP contribution is 2.22. The summed E-state index contributed by atoms with van der Waals surface area (Å²) in [6.07, 6.45) is 0.416. The molecule has 0 radical (unpaired) electrons. The monoisotopic (exact) mass is 246 g/mol. The van der Waals surface area contributed by atoms with Crippen LogP contribution in [0.25, 0.3) is 0 Å². The van der Waals surface area contributed by atoms with E-state index in [9.17, 15) is 4.79 Å². The molecule has 0 bridgehead atoms. The molecule has 1 aliphatic heterocycles. The Bertz CT molecular complexity index is 473. The summed E-state index contributed by atoms with van der Waals surface area (Å²) in [7, 11) is 0. The number of nitriles is 1. The SMILES string of the molecule is N#Cc1ccccc1OC1CCN(C(=O)O)CC1. The van der Waals surface area contributed by atoms with Crippen LogP contribution in [-0.2, 0) is 0 Å². The molecular formula is C13H14N2O3. The van der Waals surface area contributed by atoms with Crippen LogP contribution in [-0.4, -0.2) is 35.3 Å². The van der Waals surface area contributed by atoms with Crippen LogP contribution in [0.5, 0.6) is 5.75 Å². The Balaban J connectivity index is 1.96. The summed E-state index contributed by atoms with van der Waals surface area (Å²) in [6.45, 7) is 0.962. The van der Waals surface area contributed by atoms with Crippen LogP contribution in [0.2, 0.25) is 0 Å². The molecule has 0 aliphatic carbocycles. The quantitative estimate of drug-likeness (QED) is 0.867. The molecular weight excluding hydrogens is 232 g/mol. The molecule has 0 spiro atoms.